The van der Waals surface area contributed by atoms with E-state index in [-0.39, 0.29) is 29.8 Å². The Labute approximate surface area is 106 Å². The van der Waals surface area contributed by atoms with Crippen molar-refractivity contribution in [3.05, 3.63) is 18.2 Å². The summed E-state index contributed by atoms with van der Waals surface area (Å²) in [6, 6.07) is 4.05. The van der Waals surface area contributed by atoms with E-state index in [1.54, 1.807) is 6.07 Å². The van der Waals surface area contributed by atoms with Gasteiger partial charge in [-0.3, -0.25) is 0 Å². The van der Waals surface area contributed by atoms with E-state index in [4.69, 9.17) is 20.7 Å². The van der Waals surface area contributed by atoms with Gasteiger partial charge >= 0.3 is 0 Å². The highest BCUT2D eigenvalue weighted by Crippen LogP contribution is 2.26. The number of para-hydroxylation sites is 1. The average Bonchev–Trinajstić information content (AvgIpc) is 2.29. The molecule has 0 aliphatic rings. The van der Waals surface area contributed by atoms with E-state index < -0.39 is 10.0 Å². The predicted octanol–water partition coefficient (Wildman–Crippen LogP) is -0.665. The molecule has 102 valence electrons. The molecule has 1 unspecified atom stereocenters. The first-order chi connectivity index (χ1) is 8.40. The van der Waals surface area contributed by atoms with Crippen LogP contribution < -0.4 is 16.2 Å². The zero-order valence-corrected chi connectivity index (χ0v) is 10.8. The first-order valence-electron chi connectivity index (χ1n) is 5.17. The lowest BCUT2D eigenvalue weighted by Crippen LogP contribution is -2.29. The highest BCUT2D eigenvalue weighted by Gasteiger charge is 2.16. The number of primary sulfonamides is 1. The topological polar surface area (TPSA) is 128 Å². The number of aliphatic hydroxyl groups excluding tert-OH is 1. The van der Waals surface area contributed by atoms with Crippen LogP contribution in [0.3, 0.4) is 0 Å². The molecule has 0 radical (unpaired) electrons. The molecular weight excluding hydrogens is 258 g/mol. The van der Waals surface area contributed by atoms with Crippen molar-refractivity contribution in [3.8, 4) is 0 Å². The van der Waals surface area contributed by atoms with Gasteiger partial charge in [-0.15, -0.1) is 0 Å². The monoisotopic (exact) mass is 275 g/mol. The third-order valence-electron chi connectivity index (χ3n) is 2.32. The molecule has 1 atom stereocenters. The van der Waals surface area contributed by atoms with Gasteiger partial charge in [-0.25, -0.2) is 13.6 Å². The molecule has 0 fully saturated rings. The summed E-state index contributed by atoms with van der Waals surface area (Å²) in [5.41, 5.74) is 6.13. The quantitative estimate of drug-likeness (QED) is 0.510. The second kappa shape index (κ2) is 6.01. The number of ether oxygens (including phenoxy) is 1. The van der Waals surface area contributed by atoms with E-state index in [1.165, 1.54) is 19.2 Å². The van der Waals surface area contributed by atoms with Gasteiger partial charge in [0.2, 0.25) is 10.0 Å². The molecule has 0 aliphatic carbocycles. The van der Waals surface area contributed by atoms with Gasteiger partial charge in [0.05, 0.1) is 30.6 Å². The fraction of sp³-hybridized carbons (Fsp3) is 0.400. The van der Waals surface area contributed by atoms with Crippen LogP contribution in [-0.2, 0) is 14.8 Å². The lowest BCUT2D eigenvalue weighted by molar-refractivity contribution is 0.153. The normalized spacial score (nSPS) is 13.3. The minimum absolute atomic E-state index is 0.0227. The Kier molecular flexibility index (Phi) is 4.91. The van der Waals surface area contributed by atoms with Crippen LogP contribution in [0.2, 0.25) is 0 Å². The number of sulfonamides is 1. The number of rotatable bonds is 6. The molecule has 0 saturated heterocycles. The fourth-order valence-corrected chi connectivity index (χ4v) is 2.16. The first kappa shape index (κ1) is 14.7. The highest BCUT2D eigenvalue weighted by molar-refractivity contribution is 7.89. The maximum atomic E-state index is 11.3. The molecule has 18 heavy (non-hydrogen) atoms. The standard InChI is InChI=1S/C10H17N3O4S/c1-17-6-7(5-14)13-8-3-2-4-9(10(8)11)18(12,15)16/h2-4,7,13-14H,5-6,11H2,1H3,(H2,12,15,16). The summed E-state index contributed by atoms with van der Waals surface area (Å²) >= 11 is 0. The number of methoxy groups -OCH3 is 1. The Morgan fingerprint density at radius 2 is 2.17 bits per heavy atom. The molecule has 0 aromatic heterocycles. The van der Waals surface area contributed by atoms with Gasteiger partial charge in [0.15, 0.2) is 0 Å². The Morgan fingerprint density at radius 1 is 1.50 bits per heavy atom. The van der Waals surface area contributed by atoms with Gasteiger partial charge in [0.25, 0.3) is 0 Å². The van der Waals surface area contributed by atoms with Crippen molar-refractivity contribution in [2.45, 2.75) is 10.9 Å². The maximum Gasteiger partial charge on any atom is 0.240 e. The van der Waals surface area contributed by atoms with E-state index >= 15 is 0 Å². The van der Waals surface area contributed by atoms with Gasteiger partial charge in [0.1, 0.15) is 4.90 Å². The molecule has 0 bridgehead atoms. The number of hydrogen-bond acceptors (Lipinski definition) is 6. The van der Waals surface area contributed by atoms with E-state index in [2.05, 4.69) is 5.32 Å². The average molecular weight is 275 g/mol. The van der Waals surface area contributed by atoms with Gasteiger partial charge in [-0.2, -0.15) is 0 Å². The molecule has 1 aromatic carbocycles. The smallest absolute Gasteiger partial charge is 0.240 e. The van der Waals surface area contributed by atoms with Crippen LogP contribution in [0.4, 0.5) is 11.4 Å². The molecule has 6 N–H and O–H groups in total. The molecule has 0 heterocycles. The van der Waals surface area contributed by atoms with E-state index in [0.29, 0.717) is 5.69 Å². The zero-order valence-electron chi connectivity index (χ0n) is 9.96. The van der Waals surface area contributed by atoms with Crippen LogP contribution in [0, 0.1) is 0 Å². The number of nitrogen functional groups attached to an aromatic ring is 1. The number of hydrogen-bond donors (Lipinski definition) is 4. The van der Waals surface area contributed by atoms with Crippen LogP contribution in [0.1, 0.15) is 0 Å². The molecule has 0 spiro atoms. The molecule has 0 amide bonds. The summed E-state index contributed by atoms with van der Waals surface area (Å²) in [7, 11) is -2.38. The number of nitrogens with two attached hydrogens (primary N) is 2. The first-order valence-corrected chi connectivity index (χ1v) is 6.72. The van der Waals surface area contributed by atoms with Gasteiger partial charge in [-0.1, -0.05) is 6.07 Å². The molecule has 1 aromatic rings. The lowest BCUT2D eigenvalue weighted by atomic mass is 10.2. The van der Waals surface area contributed by atoms with Gasteiger partial charge in [0, 0.05) is 7.11 Å². The van der Waals surface area contributed by atoms with Gasteiger partial charge < -0.3 is 20.9 Å². The Balaban J connectivity index is 3.04. The molecule has 1 rings (SSSR count). The second-order valence-corrected chi connectivity index (χ2v) is 5.27. The van der Waals surface area contributed by atoms with Crippen molar-refractivity contribution >= 4 is 21.4 Å². The summed E-state index contributed by atoms with van der Waals surface area (Å²) in [4.78, 5) is -0.151. The van der Waals surface area contributed by atoms with Crippen molar-refractivity contribution in [3.63, 3.8) is 0 Å². The number of anilines is 2. The van der Waals surface area contributed by atoms with Crippen LogP contribution in [0.5, 0.6) is 0 Å². The SMILES string of the molecule is COCC(CO)Nc1cccc(S(N)(=O)=O)c1N. The molecular formula is C10H17N3O4S. The van der Waals surface area contributed by atoms with Gasteiger partial charge in [-0.05, 0) is 12.1 Å². The van der Waals surface area contributed by atoms with E-state index in [0.717, 1.165) is 0 Å². The Morgan fingerprint density at radius 3 is 2.67 bits per heavy atom. The van der Waals surface area contributed by atoms with E-state index in [1.807, 2.05) is 0 Å². The summed E-state index contributed by atoms with van der Waals surface area (Å²) in [5, 5.41) is 17.0. The number of aliphatic hydroxyl groups is 1. The Bertz CT molecular complexity index is 504. The van der Waals surface area contributed by atoms with Crippen molar-refractivity contribution in [1.82, 2.24) is 0 Å². The minimum atomic E-state index is -3.87. The predicted molar refractivity (Wildman–Crippen MR) is 68.6 cm³/mol. The largest absolute Gasteiger partial charge is 0.396 e. The summed E-state index contributed by atoms with van der Waals surface area (Å²) in [6.45, 7) is 0.0857. The van der Waals surface area contributed by atoms with Crippen LogP contribution >= 0.6 is 0 Å². The van der Waals surface area contributed by atoms with Crippen molar-refractivity contribution in [2.24, 2.45) is 5.14 Å². The summed E-state index contributed by atoms with van der Waals surface area (Å²) in [6.07, 6.45) is 0. The van der Waals surface area contributed by atoms with Crippen LogP contribution in [-0.4, -0.2) is 39.9 Å². The highest BCUT2D eigenvalue weighted by atomic mass is 32.2. The summed E-state index contributed by atoms with van der Waals surface area (Å²) in [5.74, 6) is 0. The third-order valence-corrected chi connectivity index (χ3v) is 3.29. The maximum absolute atomic E-state index is 11.3. The van der Waals surface area contributed by atoms with Crippen molar-refractivity contribution < 1.29 is 18.3 Å². The lowest BCUT2D eigenvalue weighted by Gasteiger charge is -2.18. The molecule has 0 aliphatic heterocycles. The van der Waals surface area contributed by atoms with Crippen LogP contribution in [0.25, 0.3) is 0 Å². The third kappa shape index (κ3) is 3.57. The minimum Gasteiger partial charge on any atom is -0.396 e. The Hall–Kier alpha value is -1.35. The fourth-order valence-electron chi connectivity index (χ4n) is 1.48. The van der Waals surface area contributed by atoms with Crippen LogP contribution in [0.15, 0.2) is 23.1 Å². The van der Waals surface area contributed by atoms with E-state index in [9.17, 15) is 8.42 Å². The zero-order chi connectivity index (χ0) is 13.8. The number of benzene rings is 1. The molecule has 0 saturated carbocycles. The van der Waals surface area contributed by atoms with Crippen molar-refractivity contribution in [2.75, 3.05) is 31.4 Å². The summed E-state index contributed by atoms with van der Waals surface area (Å²) < 4.78 is 27.5. The van der Waals surface area contributed by atoms with Crippen molar-refractivity contribution in [1.29, 1.82) is 0 Å². The number of nitrogens with one attached hydrogen (secondary N) is 1. The molecule has 7 nitrogen and oxygen atoms in total. The molecule has 8 heteroatoms. The second-order valence-electron chi connectivity index (χ2n) is 3.74.